The Kier molecular flexibility index (Phi) is 3.88. The Labute approximate surface area is 90.2 Å². The highest BCUT2D eigenvalue weighted by molar-refractivity contribution is 5.87. The molecule has 1 aliphatic rings. The minimum Gasteiger partial charge on any atom is -0.430 e. The smallest absolute Gasteiger partial charge is 0.335 e. The minimum absolute atomic E-state index is 0.299. The molecular weight excluding hydrogens is 196 g/mol. The topological polar surface area (TPSA) is 44.8 Å². The van der Waals surface area contributed by atoms with E-state index in [0.29, 0.717) is 12.2 Å². The monoisotopic (exact) mass is 214 g/mol. The Hall–Kier alpha value is -0.870. The van der Waals surface area contributed by atoms with E-state index in [1.807, 2.05) is 13.8 Å². The second-order valence-electron chi connectivity index (χ2n) is 3.72. The summed E-state index contributed by atoms with van der Waals surface area (Å²) in [6, 6.07) is 0. The van der Waals surface area contributed by atoms with Gasteiger partial charge in [-0.2, -0.15) is 0 Å². The van der Waals surface area contributed by atoms with Gasteiger partial charge < -0.3 is 14.2 Å². The Morgan fingerprint density at radius 1 is 1.67 bits per heavy atom. The summed E-state index contributed by atoms with van der Waals surface area (Å²) in [6.45, 7) is 7.59. The lowest BCUT2D eigenvalue weighted by Gasteiger charge is -2.20. The maximum Gasteiger partial charge on any atom is 0.335 e. The van der Waals surface area contributed by atoms with E-state index in [2.05, 4.69) is 0 Å². The highest BCUT2D eigenvalue weighted by Crippen LogP contribution is 2.27. The lowest BCUT2D eigenvalue weighted by Crippen LogP contribution is -2.27. The molecule has 0 spiro atoms. The predicted molar refractivity (Wildman–Crippen MR) is 55.0 cm³/mol. The zero-order valence-electron chi connectivity index (χ0n) is 9.70. The first kappa shape index (κ1) is 12.2. The molecule has 0 aromatic carbocycles. The van der Waals surface area contributed by atoms with Crippen LogP contribution >= 0.6 is 0 Å². The van der Waals surface area contributed by atoms with Crippen LogP contribution in [-0.2, 0) is 19.0 Å². The molecule has 1 heterocycles. The van der Waals surface area contributed by atoms with E-state index in [-0.39, 0.29) is 5.97 Å². The molecule has 0 saturated carbocycles. The molecule has 4 heteroatoms. The molecule has 1 rings (SSSR count). The normalized spacial score (nSPS) is 31.7. The number of esters is 1. The van der Waals surface area contributed by atoms with Gasteiger partial charge in [0.15, 0.2) is 5.79 Å². The van der Waals surface area contributed by atoms with Gasteiger partial charge in [0.25, 0.3) is 0 Å². The van der Waals surface area contributed by atoms with Gasteiger partial charge in [-0.15, -0.1) is 0 Å². The molecule has 2 unspecified atom stereocenters. The summed E-state index contributed by atoms with van der Waals surface area (Å²) in [4.78, 5) is 11.4. The fourth-order valence-corrected chi connectivity index (χ4v) is 1.16. The maximum atomic E-state index is 11.4. The second-order valence-corrected chi connectivity index (χ2v) is 3.72. The van der Waals surface area contributed by atoms with Crippen LogP contribution in [0.5, 0.6) is 0 Å². The first-order valence-electron chi connectivity index (χ1n) is 5.16. The summed E-state index contributed by atoms with van der Waals surface area (Å²) in [6.07, 6.45) is 1.85. The fourth-order valence-electron chi connectivity index (χ4n) is 1.16. The van der Waals surface area contributed by atoms with Crippen LogP contribution in [0.15, 0.2) is 11.6 Å². The van der Waals surface area contributed by atoms with Crippen LogP contribution in [0.1, 0.15) is 34.1 Å². The van der Waals surface area contributed by atoms with E-state index in [9.17, 15) is 4.79 Å². The van der Waals surface area contributed by atoms with Gasteiger partial charge in [-0.1, -0.05) is 13.0 Å². The van der Waals surface area contributed by atoms with Crippen LogP contribution in [0.25, 0.3) is 0 Å². The minimum atomic E-state index is -0.616. The lowest BCUT2D eigenvalue weighted by molar-refractivity contribution is -0.203. The van der Waals surface area contributed by atoms with Crippen LogP contribution < -0.4 is 0 Å². The van der Waals surface area contributed by atoms with E-state index in [1.165, 1.54) is 0 Å². The number of allylic oxidation sites excluding steroid dienone is 1. The predicted octanol–water partition coefficient (Wildman–Crippen LogP) is 1.99. The van der Waals surface area contributed by atoms with E-state index >= 15 is 0 Å². The number of hydrogen-bond acceptors (Lipinski definition) is 4. The van der Waals surface area contributed by atoms with Crippen LogP contribution in [0, 0.1) is 0 Å². The maximum absolute atomic E-state index is 11.4. The SMILES string of the molecule is CC=C(C)C(=O)OC1COC(C)(CC)O1. The van der Waals surface area contributed by atoms with Gasteiger partial charge in [-0.05, 0) is 27.2 Å². The molecule has 0 aromatic heterocycles. The number of carbonyl (C=O) groups is 1. The highest BCUT2D eigenvalue weighted by Gasteiger charge is 2.37. The molecule has 1 fully saturated rings. The quantitative estimate of drug-likeness (QED) is 0.532. The van der Waals surface area contributed by atoms with Crippen molar-refractivity contribution in [3.8, 4) is 0 Å². The first-order valence-corrected chi connectivity index (χ1v) is 5.16. The van der Waals surface area contributed by atoms with Crippen molar-refractivity contribution in [3.63, 3.8) is 0 Å². The van der Waals surface area contributed by atoms with Crippen molar-refractivity contribution in [2.75, 3.05) is 6.61 Å². The molecule has 0 amide bonds. The highest BCUT2D eigenvalue weighted by atomic mass is 16.8. The Morgan fingerprint density at radius 2 is 2.33 bits per heavy atom. The standard InChI is InChI=1S/C11H18O4/c1-5-8(3)10(12)14-9-7-13-11(4,6-2)15-9/h5,9H,6-7H2,1-4H3. The van der Waals surface area contributed by atoms with Gasteiger partial charge in [0, 0.05) is 5.57 Å². The fraction of sp³-hybridized carbons (Fsp3) is 0.727. The van der Waals surface area contributed by atoms with Gasteiger partial charge >= 0.3 is 5.97 Å². The summed E-state index contributed by atoms with van der Waals surface area (Å²) in [7, 11) is 0. The van der Waals surface area contributed by atoms with Gasteiger partial charge in [0.1, 0.15) is 6.61 Å². The zero-order valence-corrected chi connectivity index (χ0v) is 9.70. The summed E-state index contributed by atoms with van der Waals surface area (Å²) >= 11 is 0. The average Bonchev–Trinajstić information content (AvgIpc) is 2.60. The second kappa shape index (κ2) is 4.77. The van der Waals surface area contributed by atoms with Crippen molar-refractivity contribution >= 4 is 5.97 Å². The van der Waals surface area contributed by atoms with Crippen molar-refractivity contribution in [2.45, 2.75) is 46.2 Å². The Balaban J connectivity index is 2.46. The van der Waals surface area contributed by atoms with Crippen LogP contribution in [0.2, 0.25) is 0 Å². The van der Waals surface area contributed by atoms with Crippen molar-refractivity contribution in [1.29, 1.82) is 0 Å². The third-order valence-corrected chi connectivity index (χ3v) is 2.54. The summed E-state index contributed by atoms with van der Waals surface area (Å²) < 4.78 is 16.0. The van der Waals surface area contributed by atoms with Crippen LogP contribution in [0.4, 0.5) is 0 Å². The molecule has 1 saturated heterocycles. The zero-order chi connectivity index (χ0) is 11.5. The third-order valence-electron chi connectivity index (χ3n) is 2.54. The van der Waals surface area contributed by atoms with Gasteiger partial charge in [0.05, 0.1) is 0 Å². The molecule has 15 heavy (non-hydrogen) atoms. The summed E-state index contributed by atoms with van der Waals surface area (Å²) in [5, 5.41) is 0. The molecule has 0 radical (unpaired) electrons. The third kappa shape index (κ3) is 3.04. The van der Waals surface area contributed by atoms with Crippen LogP contribution in [0.3, 0.4) is 0 Å². The summed E-state index contributed by atoms with van der Waals surface area (Å²) in [5.74, 6) is -0.971. The molecule has 0 aromatic rings. The molecule has 0 aliphatic carbocycles. The largest absolute Gasteiger partial charge is 0.430 e. The number of hydrogen-bond donors (Lipinski definition) is 0. The van der Waals surface area contributed by atoms with Crippen molar-refractivity contribution in [1.82, 2.24) is 0 Å². The van der Waals surface area contributed by atoms with Crippen molar-refractivity contribution < 1.29 is 19.0 Å². The number of carbonyl (C=O) groups excluding carboxylic acids is 1. The molecule has 2 atom stereocenters. The molecule has 86 valence electrons. The van der Waals surface area contributed by atoms with E-state index in [1.54, 1.807) is 19.9 Å². The van der Waals surface area contributed by atoms with Crippen molar-refractivity contribution in [3.05, 3.63) is 11.6 Å². The Bertz CT molecular complexity index is 272. The van der Waals surface area contributed by atoms with E-state index < -0.39 is 12.1 Å². The molecule has 4 nitrogen and oxygen atoms in total. The molecule has 0 N–H and O–H groups in total. The first-order chi connectivity index (χ1) is 7.00. The molecule has 1 aliphatic heterocycles. The van der Waals surface area contributed by atoms with Crippen LogP contribution in [-0.4, -0.2) is 24.7 Å². The van der Waals surface area contributed by atoms with Gasteiger partial charge in [0.2, 0.25) is 6.29 Å². The number of ether oxygens (including phenoxy) is 3. The average molecular weight is 214 g/mol. The summed E-state index contributed by atoms with van der Waals surface area (Å²) in [5.41, 5.74) is 0.573. The number of rotatable bonds is 3. The van der Waals surface area contributed by atoms with Crippen molar-refractivity contribution in [2.24, 2.45) is 0 Å². The van der Waals surface area contributed by atoms with Gasteiger partial charge in [-0.3, -0.25) is 0 Å². The van der Waals surface area contributed by atoms with E-state index in [0.717, 1.165) is 6.42 Å². The molecule has 0 bridgehead atoms. The lowest BCUT2D eigenvalue weighted by atomic mass is 10.2. The van der Waals surface area contributed by atoms with E-state index in [4.69, 9.17) is 14.2 Å². The Morgan fingerprint density at radius 3 is 2.80 bits per heavy atom. The van der Waals surface area contributed by atoms with Gasteiger partial charge in [-0.25, -0.2) is 4.79 Å². The molecular formula is C11H18O4.